The van der Waals surface area contributed by atoms with Gasteiger partial charge < -0.3 is 10.5 Å². The van der Waals surface area contributed by atoms with Crippen molar-refractivity contribution in [3.8, 4) is 0 Å². The molecule has 2 unspecified atom stereocenters. The molecule has 0 heterocycles. The molecule has 0 saturated heterocycles. The maximum Gasteiger partial charge on any atom is 0.0615 e. The first-order valence-corrected chi connectivity index (χ1v) is 7.13. The summed E-state index contributed by atoms with van der Waals surface area (Å²) in [6, 6.07) is 6.54. The van der Waals surface area contributed by atoms with Crippen LogP contribution in [-0.4, -0.2) is 37.7 Å². The molecule has 19 heavy (non-hydrogen) atoms. The molecule has 108 valence electrons. The summed E-state index contributed by atoms with van der Waals surface area (Å²) in [7, 11) is 1.73. The van der Waals surface area contributed by atoms with Crippen molar-refractivity contribution in [3.05, 3.63) is 34.3 Å². The molecule has 1 aromatic rings. The van der Waals surface area contributed by atoms with Gasteiger partial charge in [-0.25, -0.2) is 0 Å². The van der Waals surface area contributed by atoms with E-state index in [1.165, 1.54) is 11.1 Å². The highest BCUT2D eigenvalue weighted by Crippen LogP contribution is 2.26. The molecule has 0 aliphatic carbocycles. The number of aryl methyl sites for hydroxylation is 1. The first kappa shape index (κ1) is 16.4. The summed E-state index contributed by atoms with van der Waals surface area (Å²) in [6.07, 6.45) is 0. The SMILES string of the molecule is CCN(C(C)COC)C(CN)c1ccc(Cl)cc1C. The lowest BCUT2D eigenvalue weighted by molar-refractivity contribution is 0.0749. The number of likely N-dealkylation sites (N-methyl/N-ethyl adjacent to an activating group) is 1. The van der Waals surface area contributed by atoms with Crippen LogP contribution in [0.5, 0.6) is 0 Å². The molecule has 0 saturated carbocycles. The number of benzene rings is 1. The molecule has 1 rings (SSSR count). The second-order valence-electron chi connectivity index (χ2n) is 4.89. The fraction of sp³-hybridized carbons (Fsp3) is 0.600. The summed E-state index contributed by atoms with van der Waals surface area (Å²) in [6.45, 7) is 8.63. The van der Waals surface area contributed by atoms with Crippen LogP contribution >= 0.6 is 11.6 Å². The molecular formula is C15H25ClN2O. The zero-order valence-electron chi connectivity index (χ0n) is 12.3. The normalized spacial score (nSPS) is 14.7. The number of ether oxygens (including phenoxy) is 1. The van der Waals surface area contributed by atoms with Crippen molar-refractivity contribution in [2.45, 2.75) is 32.9 Å². The van der Waals surface area contributed by atoms with Crippen LogP contribution in [0.2, 0.25) is 5.02 Å². The molecule has 1 aromatic carbocycles. The van der Waals surface area contributed by atoms with Crippen molar-refractivity contribution in [1.82, 2.24) is 4.90 Å². The fourth-order valence-electron chi connectivity index (χ4n) is 2.63. The highest BCUT2D eigenvalue weighted by molar-refractivity contribution is 6.30. The predicted molar refractivity (Wildman–Crippen MR) is 81.7 cm³/mol. The van der Waals surface area contributed by atoms with Gasteiger partial charge in [-0.3, -0.25) is 4.90 Å². The van der Waals surface area contributed by atoms with Gasteiger partial charge in [0.15, 0.2) is 0 Å². The number of rotatable bonds is 7. The molecule has 0 radical (unpaired) electrons. The lowest BCUT2D eigenvalue weighted by Crippen LogP contribution is -2.42. The quantitative estimate of drug-likeness (QED) is 0.836. The molecule has 2 N–H and O–H groups in total. The summed E-state index contributed by atoms with van der Waals surface area (Å²) < 4.78 is 5.26. The van der Waals surface area contributed by atoms with E-state index in [0.717, 1.165) is 11.6 Å². The average Bonchev–Trinajstić information content (AvgIpc) is 2.37. The Labute approximate surface area is 121 Å². The topological polar surface area (TPSA) is 38.5 Å². The minimum absolute atomic E-state index is 0.201. The van der Waals surface area contributed by atoms with Gasteiger partial charge in [0.25, 0.3) is 0 Å². The second-order valence-corrected chi connectivity index (χ2v) is 5.32. The molecule has 0 aliphatic rings. The van der Waals surface area contributed by atoms with Crippen molar-refractivity contribution in [2.75, 3.05) is 26.8 Å². The van der Waals surface area contributed by atoms with Crippen molar-refractivity contribution in [1.29, 1.82) is 0 Å². The summed E-state index contributed by atoms with van der Waals surface area (Å²) in [5.41, 5.74) is 8.44. The zero-order chi connectivity index (χ0) is 14.4. The van der Waals surface area contributed by atoms with Crippen LogP contribution < -0.4 is 5.73 Å². The summed E-state index contributed by atoms with van der Waals surface area (Å²) in [5.74, 6) is 0. The van der Waals surface area contributed by atoms with E-state index in [1.807, 2.05) is 12.1 Å². The lowest BCUT2D eigenvalue weighted by Gasteiger charge is -2.35. The molecule has 4 heteroatoms. The second kappa shape index (κ2) is 7.85. The van der Waals surface area contributed by atoms with Gasteiger partial charge in [-0.2, -0.15) is 0 Å². The molecule has 0 amide bonds. The van der Waals surface area contributed by atoms with Crippen LogP contribution in [0, 0.1) is 6.92 Å². The molecule has 0 aromatic heterocycles. The lowest BCUT2D eigenvalue weighted by atomic mass is 9.98. The molecule has 0 bridgehead atoms. The largest absolute Gasteiger partial charge is 0.383 e. The third-order valence-electron chi connectivity index (χ3n) is 3.55. The monoisotopic (exact) mass is 284 g/mol. The molecule has 0 aliphatic heterocycles. The number of hydrogen-bond donors (Lipinski definition) is 1. The van der Waals surface area contributed by atoms with Crippen LogP contribution in [0.3, 0.4) is 0 Å². The minimum Gasteiger partial charge on any atom is -0.383 e. The maximum absolute atomic E-state index is 6.03. The van der Waals surface area contributed by atoms with Gasteiger partial charge >= 0.3 is 0 Å². The number of hydrogen-bond acceptors (Lipinski definition) is 3. The zero-order valence-corrected chi connectivity index (χ0v) is 13.1. The van der Waals surface area contributed by atoms with Gasteiger partial charge in [0.1, 0.15) is 0 Å². The van der Waals surface area contributed by atoms with Crippen molar-refractivity contribution < 1.29 is 4.74 Å². The van der Waals surface area contributed by atoms with E-state index in [2.05, 4.69) is 31.7 Å². The van der Waals surface area contributed by atoms with E-state index >= 15 is 0 Å². The van der Waals surface area contributed by atoms with Crippen LogP contribution in [0.25, 0.3) is 0 Å². The van der Waals surface area contributed by atoms with E-state index in [-0.39, 0.29) is 6.04 Å². The standard InChI is InChI=1S/C15H25ClN2O/c1-5-18(12(3)10-19-4)15(9-17)14-7-6-13(16)8-11(14)2/h6-8,12,15H,5,9-10,17H2,1-4H3. The van der Waals surface area contributed by atoms with Gasteiger partial charge in [-0.05, 0) is 43.7 Å². The first-order chi connectivity index (χ1) is 9.04. The first-order valence-electron chi connectivity index (χ1n) is 6.75. The summed E-state index contributed by atoms with van der Waals surface area (Å²) >= 11 is 6.03. The van der Waals surface area contributed by atoms with Crippen molar-refractivity contribution >= 4 is 11.6 Å². The Kier molecular flexibility index (Phi) is 6.80. The predicted octanol–water partition coefficient (Wildman–Crippen LogP) is 3.01. The van der Waals surface area contributed by atoms with Gasteiger partial charge in [0, 0.05) is 30.8 Å². The van der Waals surface area contributed by atoms with Crippen LogP contribution in [0.4, 0.5) is 0 Å². The van der Waals surface area contributed by atoms with E-state index in [1.54, 1.807) is 7.11 Å². The Morgan fingerprint density at radius 3 is 2.58 bits per heavy atom. The van der Waals surface area contributed by atoms with E-state index in [9.17, 15) is 0 Å². The minimum atomic E-state index is 0.201. The molecular weight excluding hydrogens is 260 g/mol. The molecule has 0 fully saturated rings. The highest BCUT2D eigenvalue weighted by Gasteiger charge is 2.23. The number of methoxy groups -OCH3 is 1. The van der Waals surface area contributed by atoms with Crippen molar-refractivity contribution in [2.24, 2.45) is 5.73 Å². The average molecular weight is 285 g/mol. The number of halogens is 1. The Bertz CT molecular complexity index is 398. The van der Waals surface area contributed by atoms with Crippen LogP contribution in [0.15, 0.2) is 18.2 Å². The van der Waals surface area contributed by atoms with Gasteiger partial charge in [-0.1, -0.05) is 24.6 Å². The molecule has 0 spiro atoms. The maximum atomic E-state index is 6.03. The van der Waals surface area contributed by atoms with Gasteiger partial charge in [0.05, 0.1) is 6.61 Å². The third kappa shape index (κ3) is 4.18. The molecule has 3 nitrogen and oxygen atoms in total. The molecule has 2 atom stereocenters. The van der Waals surface area contributed by atoms with Gasteiger partial charge in [-0.15, -0.1) is 0 Å². The van der Waals surface area contributed by atoms with Crippen molar-refractivity contribution in [3.63, 3.8) is 0 Å². The van der Waals surface area contributed by atoms with Crippen LogP contribution in [-0.2, 0) is 4.74 Å². The van der Waals surface area contributed by atoms with E-state index < -0.39 is 0 Å². The Morgan fingerprint density at radius 2 is 2.11 bits per heavy atom. The van der Waals surface area contributed by atoms with E-state index in [4.69, 9.17) is 22.1 Å². The Hall–Kier alpha value is -0.610. The Balaban J connectivity index is 3.02. The summed E-state index contributed by atoms with van der Waals surface area (Å²) in [5, 5.41) is 0.769. The number of nitrogens with two attached hydrogens (primary N) is 1. The number of nitrogens with zero attached hydrogens (tertiary/aromatic N) is 1. The van der Waals surface area contributed by atoms with Gasteiger partial charge in [0.2, 0.25) is 0 Å². The summed E-state index contributed by atoms with van der Waals surface area (Å²) in [4.78, 5) is 2.37. The highest BCUT2D eigenvalue weighted by atomic mass is 35.5. The van der Waals surface area contributed by atoms with E-state index in [0.29, 0.717) is 19.2 Å². The third-order valence-corrected chi connectivity index (χ3v) is 3.79. The fourth-order valence-corrected chi connectivity index (χ4v) is 2.86. The Morgan fingerprint density at radius 1 is 1.42 bits per heavy atom. The smallest absolute Gasteiger partial charge is 0.0615 e. The van der Waals surface area contributed by atoms with Crippen LogP contribution in [0.1, 0.15) is 31.0 Å².